The molecule has 0 atom stereocenters. The van der Waals surface area contributed by atoms with Crippen LogP contribution in [0.2, 0.25) is 5.02 Å². The van der Waals surface area contributed by atoms with E-state index in [1.54, 1.807) is 19.1 Å². The van der Waals surface area contributed by atoms with Crippen LogP contribution in [0.5, 0.6) is 0 Å². The Kier molecular flexibility index (Phi) is 4.06. The van der Waals surface area contributed by atoms with Gasteiger partial charge in [-0.25, -0.2) is 9.67 Å². The SMILES string of the molecule is Cc1cccc(Cl)c1-n1nc2nc(C(F)(F)F)cc(C(F)(F)F)c2c1N. The number of nitrogens with zero attached hydrogens (tertiary/aromatic N) is 3. The number of hydrogen-bond donors (Lipinski definition) is 1. The largest absolute Gasteiger partial charge is 0.433 e. The van der Waals surface area contributed by atoms with Crippen LogP contribution in [0.15, 0.2) is 24.3 Å². The number of aryl methyl sites for hydroxylation is 1. The summed E-state index contributed by atoms with van der Waals surface area (Å²) in [4.78, 5) is 3.21. The van der Waals surface area contributed by atoms with Crippen LogP contribution in [0.25, 0.3) is 16.7 Å². The number of anilines is 1. The number of nitrogen functional groups attached to an aromatic ring is 1. The van der Waals surface area contributed by atoms with Gasteiger partial charge in [0.25, 0.3) is 0 Å². The molecule has 0 fully saturated rings. The van der Waals surface area contributed by atoms with Gasteiger partial charge in [-0.05, 0) is 24.6 Å². The van der Waals surface area contributed by atoms with Crippen LogP contribution < -0.4 is 5.73 Å². The van der Waals surface area contributed by atoms with Crippen LogP contribution >= 0.6 is 11.6 Å². The van der Waals surface area contributed by atoms with Crippen molar-refractivity contribution >= 4 is 28.5 Å². The highest BCUT2D eigenvalue weighted by atomic mass is 35.5. The first kappa shape index (κ1) is 18.3. The van der Waals surface area contributed by atoms with Gasteiger partial charge in [-0.15, -0.1) is 5.10 Å². The number of halogens is 7. The fraction of sp³-hybridized carbons (Fsp3) is 0.200. The summed E-state index contributed by atoms with van der Waals surface area (Å²) in [5.41, 5.74) is 2.41. The van der Waals surface area contributed by atoms with Gasteiger partial charge >= 0.3 is 12.4 Å². The number of alkyl halides is 6. The van der Waals surface area contributed by atoms with Gasteiger partial charge in [0.15, 0.2) is 5.65 Å². The van der Waals surface area contributed by atoms with Crippen LogP contribution in [0.4, 0.5) is 32.2 Å². The lowest BCUT2D eigenvalue weighted by molar-refractivity contribution is -0.144. The Labute approximate surface area is 147 Å². The summed E-state index contributed by atoms with van der Waals surface area (Å²) in [5, 5.41) is 3.15. The minimum absolute atomic E-state index is 0.0792. The lowest BCUT2D eigenvalue weighted by Crippen LogP contribution is -2.13. The van der Waals surface area contributed by atoms with Gasteiger partial charge in [-0.2, -0.15) is 26.3 Å². The molecular formula is C15H9ClF6N4. The third-order valence-corrected chi connectivity index (χ3v) is 3.98. The summed E-state index contributed by atoms with van der Waals surface area (Å²) in [6.45, 7) is 1.60. The van der Waals surface area contributed by atoms with Gasteiger partial charge < -0.3 is 5.73 Å². The van der Waals surface area contributed by atoms with Crippen molar-refractivity contribution in [2.75, 3.05) is 5.73 Å². The Balaban J connectivity index is 2.42. The second-order valence-corrected chi connectivity index (χ2v) is 5.86. The summed E-state index contributed by atoms with van der Waals surface area (Å²) in [6, 6.07) is 4.58. The number of aromatic nitrogens is 3. The summed E-state index contributed by atoms with van der Waals surface area (Å²) in [5.74, 6) is -0.509. The molecule has 1 aromatic carbocycles. The molecule has 0 bridgehead atoms. The number of para-hydroxylation sites is 1. The van der Waals surface area contributed by atoms with E-state index in [1.165, 1.54) is 6.07 Å². The minimum Gasteiger partial charge on any atom is -0.383 e. The zero-order chi connectivity index (χ0) is 19.4. The van der Waals surface area contributed by atoms with E-state index in [2.05, 4.69) is 10.1 Å². The molecule has 0 radical (unpaired) electrons. The first-order valence-electron chi connectivity index (χ1n) is 7.00. The van der Waals surface area contributed by atoms with E-state index in [0.29, 0.717) is 5.56 Å². The molecular weight excluding hydrogens is 386 g/mol. The highest BCUT2D eigenvalue weighted by molar-refractivity contribution is 6.32. The molecule has 138 valence electrons. The normalized spacial score (nSPS) is 12.8. The first-order chi connectivity index (χ1) is 11.9. The fourth-order valence-electron chi connectivity index (χ4n) is 2.54. The van der Waals surface area contributed by atoms with E-state index in [4.69, 9.17) is 17.3 Å². The van der Waals surface area contributed by atoms with Gasteiger partial charge in [-0.1, -0.05) is 23.7 Å². The number of benzene rings is 1. The fourth-order valence-corrected chi connectivity index (χ4v) is 2.84. The predicted molar refractivity (Wildman–Crippen MR) is 83.0 cm³/mol. The molecule has 0 aliphatic rings. The molecule has 0 aliphatic heterocycles. The molecule has 2 heterocycles. The Morgan fingerprint density at radius 3 is 2.27 bits per heavy atom. The van der Waals surface area contributed by atoms with Gasteiger partial charge in [0.2, 0.25) is 0 Å². The molecule has 4 nitrogen and oxygen atoms in total. The topological polar surface area (TPSA) is 56.7 Å². The first-order valence-corrected chi connectivity index (χ1v) is 7.38. The molecule has 11 heteroatoms. The zero-order valence-corrected chi connectivity index (χ0v) is 13.6. The number of pyridine rings is 1. The Bertz CT molecular complexity index is 986. The zero-order valence-electron chi connectivity index (χ0n) is 12.9. The maximum absolute atomic E-state index is 13.3. The molecule has 0 amide bonds. The summed E-state index contributed by atoms with van der Waals surface area (Å²) in [6.07, 6.45) is -10.2. The predicted octanol–water partition coefficient (Wildman–Crippen LogP) is 5.00. The van der Waals surface area contributed by atoms with Crippen molar-refractivity contribution in [3.8, 4) is 5.69 Å². The molecule has 0 saturated heterocycles. The highest BCUT2D eigenvalue weighted by Crippen LogP contribution is 2.41. The molecule has 0 aliphatic carbocycles. The second-order valence-electron chi connectivity index (χ2n) is 5.45. The van der Waals surface area contributed by atoms with E-state index >= 15 is 0 Å². The summed E-state index contributed by atoms with van der Waals surface area (Å²) >= 11 is 6.06. The Morgan fingerprint density at radius 1 is 1.08 bits per heavy atom. The third kappa shape index (κ3) is 2.94. The van der Waals surface area contributed by atoms with Crippen LogP contribution in [0.1, 0.15) is 16.8 Å². The van der Waals surface area contributed by atoms with Crippen molar-refractivity contribution in [1.29, 1.82) is 0 Å². The number of rotatable bonds is 1. The lowest BCUT2D eigenvalue weighted by atomic mass is 10.1. The number of fused-ring (bicyclic) bond motifs is 1. The van der Waals surface area contributed by atoms with Crippen LogP contribution in [-0.2, 0) is 12.4 Å². The smallest absolute Gasteiger partial charge is 0.383 e. The van der Waals surface area contributed by atoms with Crippen molar-refractivity contribution in [3.05, 3.63) is 46.1 Å². The average Bonchev–Trinajstić information content (AvgIpc) is 2.81. The molecule has 2 aromatic heterocycles. The van der Waals surface area contributed by atoms with E-state index in [-0.39, 0.29) is 16.8 Å². The highest BCUT2D eigenvalue weighted by Gasteiger charge is 2.41. The summed E-state index contributed by atoms with van der Waals surface area (Å²) < 4.78 is 79.6. The van der Waals surface area contributed by atoms with E-state index < -0.39 is 40.5 Å². The number of nitrogens with two attached hydrogens (primary N) is 1. The minimum atomic E-state index is -5.08. The van der Waals surface area contributed by atoms with E-state index in [1.807, 2.05) is 0 Å². The molecule has 3 aromatic rings. The third-order valence-electron chi connectivity index (χ3n) is 3.68. The standard InChI is InChI=1S/C15H9ClF6N4/c1-6-3-2-4-8(16)11(6)26-12(23)10-7(14(17,18)19)5-9(15(20,21)22)24-13(10)25-26/h2-5H,23H2,1H3. The van der Waals surface area contributed by atoms with Crippen LogP contribution in [0, 0.1) is 6.92 Å². The molecule has 0 unspecified atom stereocenters. The molecule has 3 rings (SSSR count). The van der Waals surface area contributed by atoms with Crippen molar-refractivity contribution in [2.45, 2.75) is 19.3 Å². The van der Waals surface area contributed by atoms with Crippen molar-refractivity contribution in [1.82, 2.24) is 14.8 Å². The van der Waals surface area contributed by atoms with Crippen molar-refractivity contribution in [2.24, 2.45) is 0 Å². The molecule has 26 heavy (non-hydrogen) atoms. The average molecular weight is 395 g/mol. The lowest BCUT2D eigenvalue weighted by Gasteiger charge is -2.12. The van der Waals surface area contributed by atoms with E-state index in [9.17, 15) is 26.3 Å². The van der Waals surface area contributed by atoms with Gasteiger partial charge in [0.1, 0.15) is 11.5 Å². The quantitative estimate of drug-likeness (QED) is 0.591. The Morgan fingerprint density at radius 2 is 1.73 bits per heavy atom. The number of hydrogen-bond acceptors (Lipinski definition) is 3. The second kappa shape index (κ2) is 5.76. The maximum atomic E-state index is 13.3. The van der Waals surface area contributed by atoms with Crippen molar-refractivity contribution < 1.29 is 26.3 Å². The van der Waals surface area contributed by atoms with E-state index in [0.717, 1.165) is 4.68 Å². The van der Waals surface area contributed by atoms with Crippen LogP contribution in [-0.4, -0.2) is 14.8 Å². The monoisotopic (exact) mass is 394 g/mol. The van der Waals surface area contributed by atoms with Gasteiger partial charge in [0.05, 0.1) is 21.7 Å². The van der Waals surface area contributed by atoms with Gasteiger partial charge in [-0.3, -0.25) is 0 Å². The van der Waals surface area contributed by atoms with Gasteiger partial charge in [0, 0.05) is 0 Å². The molecule has 0 saturated carbocycles. The molecule has 2 N–H and O–H groups in total. The Hall–Kier alpha value is -2.49. The molecule has 0 spiro atoms. The summed E-state index contributed by atoms with van der Waals surface area (Å²) in [7, 11) is 0. The van der Waals surface area contributed by atoms with Crippen LogP contribution in [0.3, 0.4) is 0 Å². The van der Waals surface area contributed by atoms with Crippen molar-refractivity contribution in [3.63, 3.8) is 0 Å². The maximum Gasteiger partial charge on any atom is 0.433 e.